The standard InChI is InChI=1S/C15H12N2O2.H2O4S/c18-13-15(17-14(19)16-13,11-7-3-1-4-8-11)12-9-5-2-6-10-12;1-5(2,3)4/h1-10H,(H2,16,17,18,19);(H2,1,2,3,4). The lowest BCUT2D eigenvalue weighted by molar-refractivity contribution is -0.122. The molecule has 0 aromatic heterocycles. The van der Waals surface area contributed by atoms with Crippen LogP contribution < -0.4 is 10.6 Å². The molecule has 1 aliphatic rings. The lowest BCUT2D eigenvalue weighted by atomic mass is 9.83. The summed E-state index contributed by atoms with van der Waals surface area (Å²) < 4.78 is 31.6. The average molecular weight is 350 g/mol. The summed E-state index contributed by atoms with van der Waals surface area (Å²) in [6.45, 7) is 0. The van der Waals surface area contributed by atoms with Crippen molar-refractivity contribution < 1.29 is 27.1 Å². The molecule has 9 heteroatoms. The van der Waals surface area contributed by atoms with Crippen molar-refractivity contribution in [1.82, 2.24) is 10.6 Å². The molecule has 0 spiro atoms. The van der Waals surface area contributed by atoms with Gasteiger partial charge in [0.25, 0.3) is 5.91 Å². The molecule has 3 amide bonds. The van der Waals surface area contributed by atoms with E-state index in [0.29, 0.717) is 0 Å². The molecule has 4 N–H and O–H groups in total. The van der Waals surface area contributed by atoms with Crippen molar-refractivity contribution in [3.63, 3.8) is 0 Å². The number of hydrogen-bond acceptors (Lipinski definition) is 4. The number of carbonyl (C=O) groups is 2. The van der Waals surface area contributed by atoms with Crippen LogP contribution in [0.5, 0.6) is 0 Å². The largest absolute Gasteiger partial charge is 0.394 e. The minimum absolute atomic E-state index is 0.352. The zero-order valence-electron chi connectivity index (χ0n) is 12.2. The molecule has 2 aromatic rings. The van der Waals surface area contributed by atoms with E-state index in [9.17, 15) is 9.59 Å². The van der Waals surface area contributed by atoms with E-state index in [1.807, 2.05) is 60.7 Å². The number of benzene rings is 2. The second kappa shape index (κ2) is 6.79. The molecule has 126 valence electrons. The third kappa shape index (κ3) is 3.96. The molecule has 1 saturated heterocycles. The van der Waals surface area contributed by atoms with Crippen LogP contribution in [-0.4, -0.2) is 29.5 Å². The van der Waals surface area contributed by atoms with Gasteiger partial charge in [0.1, 0.15) is 0 Å². The molecule has 0 radical (unpaired) electrons. The zero-order valence-corrected chi connectivity index (χ0v) is 13.0. The zero-order chi connectivity index (χ0) is 17.8. The van der Waals surface area contributed by atoms with Crippen LogP contribution in [-0.2, 0) is 20.7 Å². The van der Waals surface area contributed by atoms with E-state index >= 15 is 0 Å². The summed E-state index contributed by atoms with van der Waals surface area (Å²) in [4.78, 5) is 23.9. The molecule has 1 heterocycles. The van der Waals surface area contributed by atoms with Gasteiger partial charge in [-0.1, -0.05) is 60.7 Å². The quantitative estimate of drug-likeness (QED) is 0.474. The van der Waals surface area contributed by atoms with Crippen molar-refractivity contribution in [3.05, 3.63) is 71.8 Å². The molecule has 0 saturated carbocycles. The summed E-state index contributed by atoms with van der Waals surface area (Å²) in [5.74, 6) is -0.352. The van der Waals surface area contributed by atoms with E-state index in [-0.39, 0.29) is 5.91 Å². The SMILES string of the molecule is O=C1NC(=O)C(c2ccccc2)(c2ccccc2)N1.O=S(=O)(O)O. The van der Waals surface area contributed by atoms with E-state index in [4.69, 9.17) is 17.5 Å². The van der Waals surface area contributed by atoms with Crippen LogP contribution in [0.25, 0.3) is 0 Å². The van der Waals surface area contributed by atoms with Gasteiger partial charge >= 0.3 is 16.4 Å². The lowest BCUT2D eigenvalue weighted by Gasteiger charge is -2.27. The fourth-order valence-corrected chi connectivity index (χ4v) is 2.40. The predicted molar refractivity (Wildman–Crippen MR) is 84.5 cm³/mol. The predicted octanol–water partition coefficient (Wildman–Crippen LogP) is 1.12. The van der Waals surface area contributed by atoms with Gasteiger partial charge in [0, 0.05) is 0 Å². The van der Waals surface area contributed by atoms with E-state index < -0.39 is 22.0 Å². The van der Waals surface area contributed by atoms with Crippen LogP contribution in [0.1, 0.15) is 11.1 Å². The fourth-order valence-electron chi connectivity index (χ4n) is 2.40. The van der Waals surface area contributed by atoms with Gasteiger partial charge in [0.05, 0.1) is 0 Å². The van der Waals surface area contributed by atoms with Crippen molar-refractivity contribution in [2.75, 3.05) is 0 Å². The first-order chi connectivity index (χ1) is 11.2. The Labute approximate surface area is 138 Å². The summed E-state index contributed by atoms with van der Waals surface area (Å²) >= 11 is 0. The second-order valence-corrected chi connectivity index (χ2v) is 5.73. The molecule has 2 aromatic carbocycles. The maximum Gasteiger partial charge on any atom is 0.394 e. The normalized spacial score (nSPS) is 15.8. The van der Waals surface area contributed by atoms with Crippen LogP contribution in [0.15, 0.2) is 60.7 Å². The van der Waals surface area contributed by atoms with E-state index in [2.05, 4.69) is 10.6 Å². The molecule has 0 aliphatic carbocycles. The van der Waals surface area contributed by atoms with E-state index in [0.717, 1.165) is 11.1 Å². The number of amides is 3. The molecule has 8 nitrogen and oxygen atoms in total. The Kier molecular flexibility index (Phi) is 4.98. The highest BCUT2D eigenvalue weighted by molar-refractivity contribution is 7.79. The molecule has 24 heavy (non-hydrogen) atoms. The third-order valence-corrected chi connectivity index (χ3v) is 3.28. The molecule has 1 aliphatic heterocycles. The molecular formula is C15H14N2O6S. The number of nitrogens with one attached hydrogen (secondary N) is 2. The molecular weight excluding hydrogens is 336 g/mol. The monoisotopic (exact) mass is 350 g/mol. The van der Waals surface area contributed by atoms with Crippen LogP contribution in [0, 0.1) is 0 Å². The molecule has 0 bridgehead atoms. The first kappa shape index (κ1) is 17.6. The van der Waals surface area contributed by atoms with E-state index in [1.165, 1.54) is 0 Å². The van der Waals surface area contributed by atoms with Gasteiger partial charge < -0.3 is 5.32 Å². The number of carbonyl (C=O) groups excluding carboxylic acids is 2. The van der Waals surface area contributed by atoms with Gasteiger partial charge in [-0.2, -0.15) is 8.42 Å². The minimum Gasteiger partial charge on any atom is -0.316 e. The summed E-state index contributed by atoms with van der Waals surface area (Å²) in [5.41, 5.74) is 0.341. The van der Waals surface area contributed by atoms with Crippen molar-refractivity contribution in [2.45, 2.75) is 5.54 Å². The van der Waals surface area contributed by atoms with Gasteiger partial charge in [0.15, 0.2) is 5.54 Å². The lowest BCUT2D eigenvalue weighted by Crippen LogP contribution is -2.44. The first-order valence-corrected chi connectivity index (χ1v) is 8.08. The Morgan fingerprint density at radius 1 is 0.792 bits per heavy atom. The number of imide groups is 1. The highest BCUT2D eigenvalue weighted by Crippen LogP contribution is 2.32. The van der Waals surface area contributed by atoms with Crippen molar-refractivity contribution in [1.29, 1.82) is 0 Å². The highest BCUT2D eigenvalue weighted by Gasteiger charge is 2.48. The average Bonchev–Trinajstić information content (AvgIpc) is 2.83. The van der Waals surface area contributed by atoms with Crippen molar-refractivity contribution >= 4 is 22.3 Å². The van der Waals surface area contributed by atoms with Crippen LogP contribution in [0.3, 0.4) is 0 Å². The van der Waals surface area contributed by atoms with Gasteiger partial charge in [-0.25, -0.2) is 4.79 Å². The smallest absolute Gasteiger partial charge is 0.316 e. The number of rotatable bonds is 2. The highest BCUT2D eigenvalue weighted by atomic mass is 32.3. The Morgan fingerprint density at radius 3 is 1.46 bits per heavy atom. The topological polar surface area (TPSA) is 133 Å². The summed E-state index contributed by atoms with van der Waals surface area (Å²) in [5, 5.41) is 5.07. The summed E-state index contributed by atoms with van der Waals surface area (Å²) in [6, 6.07) is 18.0. The first-order valence-electron chi connectivity index (χ1n) is 6.68. The van der Waals surface area contributed by atoms with Gasteiger partial charge in [0.2, 0.25) is 0 Å². The maximum absolute atomic E-state index is 12.3. The van der Waals surface area contributed by atoms with Gasteiger partial charge in [-0.3, -0.25) is 19.2 Å². The van der Waals surface area contributed by atoms with Crippen molar-refractivity contribution in [2.24, 2.45) is 0 Å². The third-order valence-electron chi connectivity index (χ3n) is 3.28. The summed E-state index contributed by atoms with van der Waals surface area (Å²) in [7, 11) is -4.67. The molecule has 0 atom stereocenters. The Bertz CT molecular complexity index is 789. The summed E-state index contributed by atoms with van der Waals surface area (Å²) in [6.07, 6.45) is 0. The fraction of sp³-hybridized carbons (Fsp3) is 0.0667. The molecule has 1 fully saturated rings. The van der Waals surface area contributed by atoms with Crippen LogP contribution in [0.2, 0.25) is 0 Å². The maximum atomic E-state index is 12.3. The molecule has 0 unspecified atom stereocenters. The van der Waals surface area contributed by atoms with Crippen LogP contribution in [0.4, 0.5) is 4.79 Å². The Balaban J connectivity index is 0.000000368. The van der Waals surface area contributed by atoms with Gasteiger partial charge in [-0.05, 0) is 11.1 Å². The number of urea groups is 1. The Hall–Kier alpha value is -2.75. The molecule has 3 rings (SSSR count). The van der Waals surface area contributed by atoms with Crippen molar-refractivity contribution in [3.8, 4) is 0 Å². The van der Waals surface area contributed by atoms with E-state index in [1.54, 1.807) is 0 Å². The second-order valence-electron chi connectivity index (χ2n) is 4.84. The van der Waals surface area contributed by atoms with Crippen LogP contribution >= 0.6 is 0 Å². The number of hydrogen-bond donors (Lipinski definition) is 4. The Morgan fingerprint density at radius 2 is 1.17 bits per heavy atom. The minimum atomic E-state index is -4.67. The van der Waals surface area contributed by atoms with Gasteiger partial charge in [-0.15, -0.1) is 0 Å².